The zero-order valence-corrected chi connectivity index (χ0v) is 8.54. The average Bonchev–Trinajstić information content (AvgIpc) is 2.48. The molecular weight excluding hydrogens is 280 g/mol. The fourth-order valence-electron chi connectivity index (χ4n) is 1.15. The summed E-state index contributed by atoms with van der Waals surface area (Å²) in [7, 11) is 0. The second-order valence-corrected chi connectivity index (χ2v) is 2.67. The number of aryl methyl sites for hydroxylation is 1. The SMILES string of the molecule is Cc1cc2[n-]nnc2cc1[N+](=O)[O-].[Ag+]. The molecule has 1 aromatic carbocycles. The van der Waals surface area contributed by atoms with Gasteiger partial charge in [-0.15, -0.1) is 0 Å². The van der Waals surface area contributed by atoms with E-state index in [1.54, 1.807) is 13.0 Å². The second kappa shape index (κ2) is 3.87. The van der Waals surface area contributed by atoms with Gasteiger partial charge in [0.05, 0.1) is 4.92 Å². The minimum Gasteiger partial charge on any atom is -0.350 e. The summed E-state index contributed by atoms with van der Waals surface area (Å²) in [6.07, 6.45) is 0. The van der Waals surface area contributed by atoms with Crippen LogP contribution in [0.4, 0.5) is 5.69 Å². The van der Waals surface area contributed by atoms with Gasteiger partial charge in [0.2, 0.25) is 0 Å². The van der Waals surface area contributed by atoms with Crippen LogP contribution in [-0.4, -0.2) is 15.2 Å². The maximum atomic E-state index is 10.5. The average molecular weight is 285 g/mol. The van der Waals surface area contributed by atoms with Gasteiger partial charge in [-0.3, -0.25) is 15.3 Å². The van der Waals surface area contributed by atoms with Crippen LogP contribution in [0.15, 0.2) is 12.1 Å². The van der Waals surface area contributed by atoms with E-state index in [2.05, 4.69) is 15.4 Å². The van der Waals surface area contributed by atoms with E-state index < -0.39 is 4.92 Å². The number of nitrogens with zero attached hydrogens (tertiary/aromatic N) is 4. The van der Waals surface area contributed by atoms with Gasteiger partial charge in [0.25, 0.3) is 5.69 Å². The second-order valence-electron chi connectivity index (χ2n) is 2.67. The molecule has 0 radical (unpaired) electrons. The van der Waals surface area contributed by atoms with Crippen molar-refractivity contribution in [3.63, 3.8) is 0 Å². The largest absolute Gasteiger partial charge is 1.00 e. The fraction of sp³-hybridized carbons (Fsp3) is 0.143. The maximum Gasteiger partial charge on any atom is 1.00 e. The molecule has 2 rings (SSSR count). The molecule has 1 heterocycles. The predicted octanol–water partition coefficient (Wildman–Crippen LogP) is 0.801. The summed E-state index contributed by atoms with van der Waals surface area (Å²) in [5.41, 5.74) is 1.66. The van der Waals surface area contributed by atoms with Crippen molar-refractivity contribution in [2.45, 2.75) is 6.92 Å². The minimum absolute atomic E-state index is 0. The zero-order chi connectivity index (χ0) is 9.42. The molecule has 0 saturated carbocycles. The molecule has 0 amide bonds. The van der Waals surface area contributed by atoms with Crippen molar-refractivity contribution in [2.75, 3.05) is 0 Å². The van der Waals surface area contributed by atoms with Crippen molar-refractivity contribution in [3.8, 4) is 0 Å². The zero-order valence-electron chi connectivity index (χ0n) is 7.06. The van der Waals surface area contributed by atoms with Gasteiger partial charge in [-0.2, -0.15) is 0 Å². The molecule has 0 N–H and O–H groups in total. The Hall–Kier alpha value is -1.24. The molecule has 0 bridgehead atoms. The molecule has 0 atom stereocenters. The first-order valence-corrected chi connectivity index (χ1v) is 3.59. The van der Waals surface area contributed by atoms with Crippen LogP contribution < -0.4 is 5.10 Å². The predicted molar refractivity (Wildman–Crippen MR) is 44.2 cm³/mol. The van der Waals surface area contributed by atoms with E-state index >= 15 is 0 Å². The molecule has 0 saturated heterocycles. The molecule has 0 aliphatic rings. The first-order valence-electron chi connectivity index (χ1n) is 3.59. The first kappa shape index (κ1) is 10.8. The monoisotopic (exact) mass is 284 g/mol. The van der Waals surface area contributed by atoms with Crippen LogP contribution in [0.5, 0.6) is 0 Å². The van der Waals surface area contributed by atoms with Gasteiger partial charge >= 0.3 is 22.4 Å². The standard InChI is InChI=1S/C7H5N4O2.Ag/c1-4-2-5-6(9-10-8-5)3-7(4)11(12)13;/h2-3H,1H3;/q-1;+1. The first-order chi connectivity index (χ1) is 6.18. The minimum atomic E-state index is -0.441. The van der Waals surface area contributed by atoms with Crippen molar-refractivity contribution < 1.29 is 27.3 Å². The van der Waals surface area contributed by atoms with Gasteiger partial charge in [-0.05, 0) is 24.0 Å². The third-order valence-corrected chi connectivity index (χ3v) is 1.79. The molecule has 76 valence electrons. The summed E-state index contributed by atoms with van der Waals surface area (Å²) in [6, 6.07) is 2.98. The number of hydrogen-bond donors (Lipinski definition) is 0. The van der Waals surface area contributed by atoms with Gasteiger partial charge in [-0.1, -0.05) is 0 Å². The number of aromatic nitrogens is 3. The number of rotatable bonds is 1. The summed E-state index contributed by atoms with van der Waals surface area (Å²) in [4.78, 5) is 10.1. The van der Waals surface area contributed by atoms with Crippen LogP contribution in [0.25, 0.3) is 11.0 Å². The van der Waals surface area contributed by atoms with E-state index in [1.165, 1.54) is 6.07 Å². The molecule has 0 fully saturated rings. The summed E-state index contributed by atoms with van der Waals surface area (Å²) in [5.74, 6) is 0. The van der Waals surface area contributed by atoms with Gasteiger partial charge in [0.15, 0.2) is 0 Å². The summed E-state index contributed by atoms with van der Waals surface area (Å²) in [5, 5.41) is 21.3. The van der Waals surface area contributed by atoms with E-state index in [0.29, 0.717) is 16.6 Å². The summed E-state index contributed by atoms with van der Waals surface area (Å²) < 4.78 is 0. The summed E-state index contributed by atoms with van der Waals surface area (Å²) in [6.45, 7) is 1.66. The molecule has 0 aliphatic carbocycles. The maximum absolute atomic E-state index is 10.5. The van der Waals surface area contributed by atoms with E-state index in [1.807, 2.05) is 0 Å². The number of nitro groups is 1. The van der Waals surface area contributed by atoms with Gasteiger partial charge < -0.3 is 10.2 Å². The molecule has 2 aromatic rings. The Morgan fingerprint density at radius 2 is 2.21 bits per heavy atom. The van der Waals surface area contributed by atoms with Gasteiger partial charge in [-0.25, -0.2) is 0 Å². The van der Waals surface area contributed by atoms with Crippen LogP contribution in [-0.2, 0) is 22.4 Å². The van der Waals surface area contributed by atoms with Crippen LogP contribution in [0.2, 0.25) is 0 Å². The summed E-state index contributed by atoms with van der Waals surface area (Å²) >= 11 is 0. The van der Waals surface area contributed by atoms with Crippen molar-refractivity contribution in [3.05, 3.63) is 27.8 Å². The molecular formula is C7H5AgN4O2. The Bertz CT molecular complexity index is 481. The Labute approximate surface area is 94.3 Å². The number of nitro benzene ring substituents is 1. The van der Waals surface area contributed by atoms with Crippen molar-refractivity contribution >= 4 is 16.7 Å². The third-order valence-electron chi connectivity index (χ3n) is 1.79. The molecule has 0 aliphatic heterocycles. The molecule has 14 heavy (non-hydrogen) atoms. The number of hydrogen-bond acceptors (Lipinski definition) is 4. The normalized spacial score (nSPS) is 9.79. The van der Waals surface area contributed by atoms with Crippen molar-refractivity contribution in [2.24, 2.45) is 0 Å². The topological polar surface area (TPSA) is 83.0 Å². The van der Waals surface area contributed by atoms with Crippen LogP contribution in [0.3, 0.4) is 0 Å². The van der Waals surface area contributed by atoms with Crippen LogP contribution >= 0.6 is 0 Å². The van der Waals surface area contributed by atoms with E-state index in [-0.39, 0.29) is 28.1 Å². The number of fused-ring (bicyclic) bond motifs is 1. The quantitative estimate of drug-likeness (QED) is 0.439. The molecule has 0 unspecified atom stereocenters. The van der Waals surface area contributed by atoms with Crippen molar-refractivity contribution in [1.29, 1.82) is 0 Å². The Morgan fingerprint density at radius 1 is 1.50 bits per heavy atom. The Balaban J connectivity index is 0.000000980. The van der Waals surface area contributed by atoms with Gasteiger partial charge in [0, 0.05) is 11.6 Å². The van der Waals surface area contributed by atoms with E-state index in [4.69, 9.17) is 0 Å². The third kappa shape index (κ3) is 1.67. The molecule has 6 nitrogen and oxygen atoms in total. The molecule has 7 heteroatoms. The fourth-order valence-corrected chi connectivity index (χ4v) is 1.15. The Morgan fingerprint density at radius 3 is 2.86 bits per heavy atom. The van der Waals surface area contributed by atoms with E-state index in [9.17, 15) is 10.1 Å². The Kier molecular flexibility index (Phi) is 3.00. The van der Waals surface area contributed by atoms with Crippen molar-refractivity contribution in [1.82, 2.24) is 15.4 Å². The molecule has 0 spiro atoms. The smallest absolute Gasteiger partial charge is 0.350 e. The number of benzene rings is 1. The van der Waals surface area contributed by atoms with E-state index in [0.717, 1.165) is 0 Å². The van der Waals surface area contributed by atoms with Gasteiger partial charge in [0.1, 0.15) is 0 Å². The molecule has 1 aromatic heterocycles. The van der Waals surface area contributed by atoms with Crippen LogP contribution in [0, 0.1) is 17.0 Å². The van der Waals surface area contributed by atoms with Crippen LogP contribution in [0.1, 0.15) is 5.56 Å².